The van der Waals surface area contributed by atoms with Gasteiger partial charge in [-0.2, -0.15) is 4.31 Å². The Morgan fingerprint density at radius 1 is 0.909 bits per heavy atom. The van der Waals surface area contributed by atoms with E-state index < -0.39 is 29.9 Å². The average molecular weight is 488 g/mol. The van der Waals surface area contributed by atoms with E-state index in [1.165, 1.54) is 4.31 Å². The van der Waals surface area contributed by atoms with Crippen molar-refractivity contribution in [2.24, 2.45) is 0 Å². The first-order valence-corrected chi connectivity index (χ1v) is 13.7. The van der Waals surface area contributed by atoms with E-state index in [2.05, 4.69) is 0 Å². The Hall–Kier alpha value is -2.42. The van der Waals surface area contributed by atoms with Crippen LogP contribution in [0.4, 0.5) is 0 Å². The van der Waals surface area contributed by atoms with Gasteiger partial charge in [0.1, 0.15) is 11.0 Å². The molecule has 0 aliphatic carbocycles. The number of methoxy groups -OCH3 is 1. The third-order valence-corrected chi connectivity index (χ3v) is 10.9. The summed E-state index contributed by atoms with van der Waals surface area (Å²) in [5.74, 6) is 0.682. The van der Waals surface area contributed by atoms with E-state index in [1.54, 1.807) is 52.1 Å². The molecule has 176 valence electrons. The highest BCUT2D eigenvalue weighted by Gasteiger charge is 2.44. The molecule has 0 aromatic heterocycles. The lowest BCUT2D eigenvalue weighted by Gasteiger charge is -2.37. The van der Waals surface area contributed by atoms with Gasteiger partial charge in [0.15, 0.2) is 9.84 Å². The molecule has 3 aromatic carbocycles. The SMILES string of the molecule is COc1ccc2cc3c(cc2c1)CN(S(=O)(=O)c1ccc(C)cc1)CC3S(=O)(=O)C(C)(C)C. The Bertz CT molecular complexity index is 1420. The predicted octanol–water partition coefficient (Wildman–Crippen LogP) is 4.62. The lowest BCUT2D eigenvalue weighted by molar-refractivity contribution is 0.379. The molecule has 4 rings (SSSR count). The maximum atomic E-state index is 13.6. The Labute approximate surface area is 196 Å². The van der Waals surface area contributed by atoms with E-state index in [9.17, 15) is 16.8 Å². The molecule has 0 saturated heterocycles. The molecule has 8 heteroatoms. The predicted molar refractivity (Wildman–Crippen MR) is 131 cm³/mol. The first kappa shape index (κ1) is 23.7. The molecule has 0 radical (unpaired) electrons. The largest absolute Gasteiger partial charge is 0.497 e. The first-order valence-electron chi connectivity index (χ1n) is 10.8. The maximum Gasteiger partial charge on any atom is 0.243 e. The van der Waals surface area contributed by atoms with Crippen molar-refractivity contribution in [1.29, 1.82) is 0 Å². The van der Waals surface area contributed by atoms with E-state index >= 15 is 0 Å². The molecule has 0 fully saturated rings. The summed E-state index contributed by atoms with van der Waals surface area (Å²) >= 11 is 0. The summed E-state index contributed by atoms with van der Waals surface area (Å²) in [5, 5.41) is 0.793. The molecule has 1 heterocycles. The molecule has 6 nitrogen and oxygen atoms in total. The smallest absolute Gasteiger partial charge is 0.243 e. The molecule has 0 amide bonds. The fourth-order valence-corrected chi connectivity index (χ4v) is 7.49. The standard InChI is InChI=1S/C25H29NO5S2/c1-17-6-10-22(11-7-17)33(29,30)26-15-20-12-19-13-21(31-5)9-8-18(19)14-23(20)24(16-26)32(27,28)25(2,3)4/h6-14,24H,15-16H2,1-5H3. The van der Waals surface area contributed by atoms with Gasteiger partial charge in [0, 0.05) is 13.1 Å². The van der Waals surface area contributed by atoms with Gasteiger partial charge >= 0.3 is 0 Å². The number of fused-ring (bicyclic) bond motifs is 2. The van der Waals surface area contributed by atoms with E-state index in [1.807, 2.05) is 37.3 Å². The number of ether oxygens (including phenoxy) is 1. The molecule has 1 atom stereocenters. The molecule has 3 aromatic rings. The minimum absolute atomic E-state index is 0.106. The minimum atomic E-state index is -3.88. The zero-order valence-electron chi connectivity index (χ0n) is 19.5. The molecular weight excluding hydrogens is 458 g/mol. The third kappa shape index (κ3) is 4.16. The van der Waals surface area contributed by atoms with Crippen molar-refractivity contribution in [2.45, 2.75) is 49.1 Å². The van der Waals surface area contributed by atoms with Gasteiger partial charge in [-0.15, -0.1) is 0 Å². The van der Waals surface area contributed by atoms with Crippen molar-refractivity contribution in [3.63, 3.8) is 0 Å². The second-order valence-corrected chi connectivity index (χ2v) is 14.3. The Morgan fingerprint density at radius 3 is 2.18 bits per heavy atom. The Balaban J connectivity index is 1.90. The number of hydrogen-bond donors (Lipinski definition) is 0. The number of aryl methyl sites for hydroxylation is 1. The number of sulfonamides is 1. The van der Waals surface area contributed by atoms with Crippen molar-refractivity contribution in [2.75, 3.05) is 13.7 Å². The van der Waals surface area contributed by atoms with Crippen LogP contribution >= 0.6 is 0 Å². The van der Waals surface area contributed by atoms with Crippen LogP contribution in [0.25, 0.3) is 10.8 Å². The van der Waals surface area contributed by atoms with Crippen LogP contribution < -0.4 is 4.74 Å². The zero-order valence-corrected chi connectivity index (χ0v) is 21.1. The van der Waals surface area contributed by atoms with Gasteiger partial charge in [-0.25, -0.2) is 16.8 Å². The van der Waals surface area contributed by atoms with Crippen LogP contribution in [0.5, 0.6) is 5.75 Å². The highest BCUT2D eigenvalue weighted by molar-refractivity contribution is 7.93. The molecule has 33 heavy (non-hydrogen) atoms. The lowest BCUT2D eigenvalue weighted by Crippen LogP contribution is -2.44. The second kappa shape index (κ2) is 8.11. The Morgan fingerprint density at radius 2 is 1.58 bits per heavy atom. The molecule has 0 bridgehead atoms. The molecular formula is C25H29NO5S2. The van der Waals surface area contributed by atoms with Gasteiger partial charge in [0.25, 0.3) is 0 Å². The Kier molecular flexibility index (Phi) is 5.83. The van der Waals surface area contributed by atoms with Crippen molar-refractivity contribution in [3.8, 4) is 5.75 Å². The van der Waals surface area contributed by atoms with E-state index in [4.69, 9.17) is 4.74 Å². The van der Waals surface area contributed by atoms with E-state index in [-0.39, 0.29) is 18.0 Å². The van der Waals surface area contributed by atoms with Gasteiger partial charge in [-0.1, -0.05) is 23.8 Å². The topological polar surface area (TPSA) is 80.8 Å². The van der Waals surface area contributed by atoms with Crippen LogP contribution in [-0.2, 0) is 26.4 Å². The maximum absolute atomic E-state index is 13.6. The van der Waals surface area contributed by atoms with Crippen LogP contribution in [0, 0.1) is 6.92 Å². The van der Waals surface area contributed by atoms with Gasteiger partial charge in [0.05, 0.1) is 16.8 Å². The first-order chi connectivity index (χ1) is 15.3. The number of nitrogens with zero attached hydrogens (tertiary/aromatic N) is 1. The molecule has 0 spiro atoms. The van der Waals surface area contributed by atoms with Crippen molar-refractivity contribution in [1.82, 2.24) is 4.31 Å². The molecule has 1 unspecified atom stereocenters. The summed E-state index contributed by atoms with van der Waals surface area (Å²) in [6.07, 6.45) is 0. The third-order valence-electron chi connectivity index (χ3n) is 6.26. The lowest BCUT2D eigenvalue weighted by atomic mass is 9.96. The van der Waals surface area contributed by atoms with Gasteiger partial charge in [-0.3, -0.25) is 0 Å². The van der Waals surface area contributed by atoms with E-state index in [0.717, 1.165) is 16.3 Å². The summed E-state index contributed by atoms with van der Waals surface area (Å²) < 4.78 is 59.8. The molecule has 1 aliphatic heterocycles. The number of rotatable bonds is 4. The summed E-state index contributed by atoms with van der Waals surface area (Å²) in [6.45, 7) is 6.84. The fraction of sp³-hybridized carbons (Fsp3) is 0.360. The highest BCUT2D eigenvalue weighted by atomic mass is 32.2. The van der Waals surface area contributed by atoms with Crippen LogP contribution in [0.1, 0.15) is 42.7 Å². The zero-order chi connectivity index (χ0) is 24.2. The van der Waals surface area contributed by atoms with Gasteiger partial charge < -0.3 is 4.74 Å². The molecule has 0 saturated carbocycles. The minimum Gasteiger partial charge on any atom is -0.497 e. The monoisotopic (exact) mass is 487 g/mol. The van der Waals surface area contributed by atoms with Crippen molar-refractivity contribution in [3.05, 3.63) is 71.3 Å². The number of hydrogen-bond acceptors (Lipinski definition) is 5. The van der Waals surface area contributed by atoms with Crippen LogP contribution in [0.3, 0.4) is 0 Å². The van der Waals surface area contributed by atoms with Crippen LogP contribution in [0.15, 0.2) is 59.5 Å². The average Bonchev–Trinajstić information content (AvgIpc) is 2.75. The van der Waals surface area contributed by atoms with Crippen LogP contribution in [0.2, 0.25) is 0 Å². The summed E-state index contributed by atoms with van der Waals surface area (Å²) in [6, 6.07) is 16.0. The van der Waals surface area contributed by atoms with Crippen molar-refractivity contribution < 1.29 is 21.6 Å². The van der Waals surface area contributed by atoms with Gasteiger partial charge in [0.2, 0.25) is 10.0 Å². The molecule has 1 aliphatic rings. The highest BCUT2D eigenvalue weighted by Crippen LogP contribution is 2.41. The van der Waals surface area contributed by atoms with Crippen molar-refractivity contribution >= 4 is 30.6 Å². The summed E-state index contributed by atoms with van der Waals surface area (Å²) in [7, 11) is -6.00. The van der Waals surface area contributed by atoms with Crippen LogP contribution in [-0.4, -0.2) is 39.5 Å². The summed E-state index contributed by atoms with van der Waals surface area (Å²) in [4.78, 5) is 0.158. The normalized spacial score (nSPS) is 17.7. The quantitative estimate of drug-likeness (QED) is 0.537. The van der Waals surface area contributed by atoms with Gasteiger partial charge in [-0.05, 0) is 86.0 Å². The number of benzene rings is 3. The number of sulfone groups is 1. The summed E-state index contributed by atoms with van der Waals surface area (Å²) in [5.41, 5.74) is 2.31. The van der Waals surface area contributed by atoms with E-state index in [0.29, 0.717) is 16.9 Å². The molecule has 0 N–H and O–H groups in total. The fourth-order valence-electron chi connectivity index (χ4n) is 4.18. The second-order valence-electron chi connectivity index (χ2n) is 9.52.